The van der Waals surface area contributed by atoms with Crippen molar-refractivity contribution < 1.29 is 0 Å². The first-order chi connectivity index (χ1) is 6.86. The van der Waals surface area contributed by atoms with Gasteiger partial charge in [-0.15, -0.1) is 0 Å². The molecule has 0 aromatic carbocycles. The summed E-state index contributed by atoms with van der Waals surface area (Å²) < 4.78 is 0.0681. The fourth-order valence-corrected chi connectivity index (χ4v) is 6.21. The van der Waals surface area contributed by atoms with E-state index in [9.17, 15) is 0 Å². The maximum Gasteiger partial charge on any atom is 0.0913 e. The van der Waals surface area contributed by atoms with Crippen molar-refractivity contribution in [3.63, 3.8) is 0 Å². The summed E-state index contributed by atoms with van der Waals surface area (Å²) in [6.07, 6.45) is 1.15. The Bertz CT molecular complexity index is 374. The Labute approximate surface area is 117 Å². The van der Waals surface area contributed by atoms with Gasteiger partial charge in [-0.3, -0.25) is 0 Å². The molecule has 0 aliphatic heterocycles. The van der Waals surface area contributed by atoms with Gasteiger partial charge in [0.1, 0.15) is 0 Å². The van der Waals surface area contributed by atoms with E-state index < -0.39 is 0 Å². The zero-order valence-corrected chi connectivity index (χ0v) is 14.3. The highest BCUT2D eigenvalue weighted by molar-refractivity contribution is 9.25. The third-order valence-electron chi connectivity index (χ3n) is 6.45. The third-order valence-corrected chi connectivity index (χ3v) is 8.36. The molecule has 2 saturated carbocycles. The molecule has 16 heavy (non-hydrogen) atoms. The van der Waals surface area contributed by atoms with E-state index in [1.807, 2.05) is 0 Å². The number of hydrogen-bond acceptors (Lipinski definition) is 0. The molecule has 0 nitrogen and oxygen atoms in total. The van der Waals surface area contributed by atoms with Gasteiger partial charge in [-0.05, 0) is 22.7 Å². The molecular weight excluding hydrogens is 328 g/mol. The molecule has 0 radical (unpaired) electrons. The van der Waals surface area contributed by atoms with E-state index in [1.54, 1.807) is 0 Å². The fraction of sp³-hybridized carbons (Fsp3) is 0.857. The summed E-state index contributed by atoms with van der Waals surface area (Å²) in [5.74, 6) is 0. The zero-order chi connectivity index (χ0) is 12.8. The lowest BCUT2D eigenvalue weighted by molar-refractivity contribution is 0.0333. The Morgan fingerprint density at radius 3 is 1.44 bits per heavy atom. The van der Waals surface area contributed by atoms with Crippen LogP contribution in [0.15, 0.2) is 12.2 Å². The second kappa shape index (κ2) is 2.82. The normalized spacial score (nSPS) is 41.4. The lowest BCUT2D eigenvalue weighted by atomic mass is 9.59. The number of hydrogen-bond donors (Lipinski definition) is 0. The van der Waals surface area contributed by atoms with Crippen LogP contribution in [-0.2, 0) is 0 Å². The minimum atomic E-state index is 0.0681. The Kier molecular flexibility index (Phi) is 2.31. The second-order valence-electron chi connectivity index (χ2n) is 7.14. The van der Waals surface area contributed by atoms with Crippen LogP contribution in [0.25, 0.3) is 0 Å². The van der Waals surface area contributed by atoms with Crippen LogP contribution in [-0.4, -0.2) is 3.23 Å². The monoisotopic (exact) mass is 348 g/mol. The summed E-state index contributed by atoms with van der Waals surface area (Å²) >= 11 is 7.69. The average Bonchev–Trinajstić information content (AvgIpc) is 2.66. The number of allylic oxidation sites excluding steroid dienone is 1. The number of alkyl halides is 2. The van der Waals surface area contributed by atoms with Gasteiger partial charge in [-0.1, -0.05) is 85.6 Å². The predicted molar refractivity (Wildman–Crippen MR) is 78.1 cm³/mol. The molecule has 0 aromatic rings. The second-order valence-corrected chi connectivity index (χ2v) is 10.9. The lowest BCUT2D eigenvalue weighted by Gasteiger charge is -2.45. The van der Waals surface area contributed by atoms with Gasteiger partial charge in [0, 0.05) is 5.41 Å². The molecule has 0 bridgehead atoms. The predicted octanol–water partition coefficient (Wildman–Crippen LogP) is 5.51. The van der Waals surface area contributed by atoms with Crippen LogP contribution in [0.2, 0.25) is 0 Å². The maximum absolute atomic E-state index is 4.45. The van der Waals surface area contributed by atoms with E-state index in [0.29, 0.717) is 0 Å². The minimum absolute atomic E-state index is 0.0681. The van der Waals surface area contributed by atoms with Gasteiger partial charge in [0.25, 0.3) is 0 Å². The van der Waals surface area contributed by atoms with Crippen molar-refractivity contribution in [1.82, 2.24) is 0 Å². The van der Waals surface area contributed by atoms with Crippen LogP contribution in [0, 0.1) is 21.7 Å². The topological polar surface area (TPSA) is 0 Å². The van der Waals surface area contributed by atoms with Crippen LogP contribution in [0.5, 0.6) is 0 Å². The first kappa shape index (κ1) is 13.1. The molecule has 1 spiro atoms. The van der Waals surface area contributed by atoms with E-state index in [4.69, 9.17) is 0 Å². The van der Waals surface area contributed by atoms with E-state index >= 15 is 0 Å². The molecule has 1 atom stereocenters. The zero-order valence-electron chi connectivity index (χ0n) is 11.2. The third kappa shape index (κ3) is 0.993. The van der Waals surface area contributed by atoms with Crippen molar-refractivity contribution in [2.24, 2.45) is 21.7 Å². The molecule has 0 N–H and O–H groups in total. The molecule has 0 aromatic heterocycles. The highest BCUT2D eigenvalue weighted by Gasteiger charge is 2.82. The van der Waals surface area contributed by atoms with Crippen molar-refractivity contribution in [2.45, 2.75) is 51.2 Å². The molecular formula is C14H22Br2. The summed E-state index contributed by atoms with van der Waals surface area (Å²) in [7, 11) is 0. The van der Waals surface area contributed by atoms with E-state index in [-0.39, 0.29) is 24.9 Å². The molecule has 2 rings (SSSR count). The summed E-state index contributed by atoms with van der Waals surface area (Å²) in [4.78, 5) is 0. The van der Waals surface area contributed by atoms with Crippen LogP contribution in [0.1, 0.15) is 48.0 Å². The fourth-order valence-electron chi connectivity index (χ4n) is 3.90. The highest BCUT2D eigenvalue weighted by atomic mass is 79.9. The van der Waals surface area contributed by atoms with Crippen LogP contribution in [0.4, 0.5) is 0 Å². The SMILES string of the molecule is C=C1C(C)(C)C(C)(C)C(C)(C)C12CC2(Br)Br. The number of halogens is 2. The van der Waals surface area contributed by atoms with Gasteiger partial charge in [0.2, 0.25) is 0 Å². The van der Waals surface area contributed by atoms with E-state index in [2.05, 4.69) is 80.0 Å². The van der Waals surface area contributed by atoms with Crippen molar-refractivity contribution in [3.05, 3.63) is 12.2 Å². The van der Waals surface area contributed by atoms with Crippen LogP contribution >= 0.6 is 31.9 Å². The summed E-state index contributed by atoms with van der Waals surface area (Å²) in [6, 6.07) is 0. The van der Waals surface area contributed by atoms with Crippen molar-refractivity contribution in [3.8, 4) is 0 Å². The Balaban J connectivity index is 2.66. The molecule has 2 aliphatic carbocycles. The number of rotatable bonds is 0. The van der Waals surface area contributed by atoms with Crippen molar-refractivity contribution in [2.75, 3.05) is 0 Å². The molecule has 2 fully saturated rings. The van der Waals surface area contributed by atoms with E-state index in [1.165, 1.54) is 5.57 Å². The van der Waals surface area contributed by atoms with Gasteiger partial charge >= 0.3 is 0 Å². The van der Waals surface area contributed by atoms with Gasteiger partial charge in [-0.25, -0.2) is 0 Å². The Morgan fingerprint density at radius 1 is 0.938 bits per heavy atom. The quantitative estimate of drug-likeness (QED) is 0.399. The molecule has 2 aliphatic rings. The summed E-state index contributed by atoms with van der Waals surface area (Å²) in [6.45, 7) is 18.7. The summed E-state index contributed by atoms with van der Waals surface area (Å²) in [5.41, 5.74) is 2.28. The first-order valence-electron chi connectivity index (χ1n) is 5.94. The van der Waals surface area contributed by atoms with Crippen LogP contribution < -0.4 is 0 Å². The molecule has 0 saturated heterocycles. The minimum Gasteiger partial charge on any atom is -0.0986 e. The highest BCUT2D eigenvalue weighted by Crippen LogP contribution is 2.87. The van der Waals surface area contributed by atoms with Crippen molar-refractivity contribution in [1.29, 1.82) is 0 Å². The lowest BCUT2D eigenvalue weighted by Crippen LogP contribution is -2.39. The van der Waals surface area contributed by atoms with Gasteiger partial charge < -0.3 is 0 Å². The van der Waals surface area contributed by atoms with Crippen LogP contribution in [0.3, 0.4) is 0 Å². The Morgan fingerprint density at radius 2 is 1.31 bits per heavy atom. The van der Waals surface area contributed by atoms with E-state index in [0.717, 1.165) is 6.42 Å². The van der Waals surface area contributed by atoms with Gasteiger partial charge in [-0.2, -0.15) is 0 Å². The standard InChI is InChI=1S/C14H22Br2/c1-9-10(2,3)11(4,5)12(6,7)13(9)8-14(13,15)16/h1,8H2,2-7H3. The maximum atomic E-state index is 4.45. The average molecular weight is 350 g/mol. The first-order valence-corrected chi connectivity index (χ1v) is 7.52. The molecule has 2 heteroatoms. The molecule has 92 valence electrons. The van der Waals surface area contributed by atoms with Crippen molar-refractivity contribution >= 4 is 31.9 Å². The van der Waals surface area contributed by atoms with Gasteiger partial charge in [0.15, 0.2) is 0 Å². The summed E-state index contributed by atoms with van der Waals surface area (Å²) in [5, 5.41) is 0. The Hall–Kier alpha value is 0.700. The van der Waals surface area contributed by atoms with Gasteiger partial charge in [0.05, 0.1) is 3.23 Å². The molecule has 0 amide bonds. The smallest absolute Gasteiger partial charge is 0.0913 e. The molecule has 1 unspecified atom stereocenters. The molecule has 0 heterocycles. The largest absolute Gasteiger partial charge is 0.0986 e.